The van der Waals surface area contributed by atoms with Crippen molar-refractivity contribution >= 4 is 11.3 Å². The number of nitrogens with zero attached hydrogens (tertiary/aromatic N) is 5. The van der Waals surface area contributed by atoms with Gasteiger partial charge in [0.15, 0.2) is 5.65 Å². The summed E-state index contributed by atoms with van der Waals surface area (Å²) in [7, 11) is 0. The smallest absolute Gasteiger partial charge is 0.259 e. The van der Waals surface area contributed by atoms with Crippen LogP contribution in [0.2, 0.25) is 0 Å². The van der Waals surface area contributed by atoms with Crippen LogP contribution < -0.4 is 5.69 Å². The van der Waals surface area contributed by atoms with E-state index in [2.05, 4.69) is 10.1 Å². The van der Waals surface area contributed by atoms with E-state index in [9.17, 15) is 19.3 Å². The van der Waals surface area contributed by atoms with Crippen LogP contribution in [0.15, 0.2) is 41.6 Å². The van der Waals surface area contributed by atoms with Crippen LogP contribution in [0.25, 0.3) is 5.65 Å². The molecule has 0 saturated heterocycles. The molecule has 9 heteroatoms. The van der Waals surface area contributed by atoms with E-state index in [1.165, 1.54) is 35.1 Å². The Morgan fingerprint density at radius 3 is 2.90 bits per heavy atom. The fourth-order valence-corrected chi connectivity index (χ4v) is 1.97. The second-order valence-corrected chi connectivity index (χ2v) is 4.25. The highest BCUT2D eigenvalue weighted by Crippen LogP contribution is 2.20. The maximum Gasteiger partial charge on any atom is 0.350 e. The summed E-state index contributed by atoms with van der Waals surface area (Å²) in [5, 5.41) is 14.7. The van der Waals surface area contributed by atoms with Crippen molar-refractivity contribution in [3.8, 4) is 0 Å². The largest absolute Gasteiger partial charge is 0.350 e. The molecule has 21 heavy (non-hydrogen) atoms. The molecule has 2 aromatic heterocycles. The molecule has 0 bridgehead atoms. The first kappa shape index (κ1) is 12.9. The van der Waals surface area contributed by atoms with Crippen molar-refractivity contribution in [1.82, 2.24) is 19.2 Å². The van der Waals surface area contributed by atoms with Crippen LogP contribution >= 0.6 is 0 Å². The van der Waals surface area contributed by atoms with Crippen molar-refractivity contribution in [1.29, 1.82) is 0 Å². The zero-order chi connectivity index (χ0) is 15.0. The second kappa shape index (κ2) is 4.78. The van der Waals surface area contributed by atoms with Crippen molar-refractivity contribution < 1.29 is 9.31 Å². The Morgan fingerprint density at radius 2 is 2.19 bits per heavy atom. The number of aromatic nitrogens is 4. The topological polar surface area (TPSA) is 95.3 Å². The van der Waals surface area contributed by atoms with Gasteiger partial charge in [-0.25, -0.2) is 13.9 Å². The Labute approximate surface area is 116 Å². The standard InChI is InChI=1S/C12H8FN5O3/c13-11-8(2-1-3-9(11)18(20)21)7-17-12(19)16-5-4-14-6-10(16)15-17/h1-6H,7H2. The third kappa shape index (κ3) is 2.14. The van der Waals surface area contributed by atoms with Crippen LogP contribution in [0, 0.1) is 15.9 Å². The molecule has 106 valence electrons. The third-order valence-corrected chi connectivity index (χ3v) is 2.96. The van der Waals surface area contributed by atoms with Gasteiger partial charge in [-0.3, -0.25) is 15.1 Å². The summed E-state index contributed by atoms with van der Waals surface area (Å²) in [4.78, 5) is 25.8. The van der Waals surface area contributed by atoms with Gasteiger partial charge in [-0.05, 0) is 0 Å². The Hall–Kier alpha value is -3.10. The van der Waals surface area contributed by atoms with Crippen molar-refractivity contribution in [2.24, 2.45) is 0 Å². The summed E-state index contributed by atoms with van der Waals surface area (Å²) in [6.45, 7) is -0.200. The lowest BCUT2D eigenvalue weighted by molar-refractivity contribution is -0.387. The average molecular weight is 289 g/mol. The molecule has 8 nitrogen and oxygen atoms in total. The van der Waals surface area contributed by atoms with E-state index in [1.54, 1.807) is 0 Å². The Morgan fingerprint density at radius 1 is 1.38 bits per heavy atom. The van der Waals surface area contributed by atoms with Crippen LogP contribution in [0.5, 0.6) is 0 Å². The molecule has 2 heterocycles. The monoisotopic (exact) mass is 289 g/mol. The molecule has 1 aromatic carbocycles. The highest BCUT2D eigenvalue weighted by molar-refractivity contribution is 5.37. The molecule has 0 N–H and O–H groups in total. The van der Waals surface area contributed by atoms with Crippen molar-refractivity contribution in [2.45, 2.75) is 6.54 Å². The van der Waals surface area contributed by atoms with Gasteiger partial charge in [0.25, 0.3) is 0 Å². The molecule has 0 unspecified atom stereocenters. The van der Waals surface area contributed by atoms with Gasteiger partial charge in [0.05, 0.1) is 17.7 Å². The van der Waals surface area contributed by atoms with E-state index in [-0.39, 0.29) is 12.1 Å². The van der Waals surface area contributed by atoms with Crippen LogP contribution in [0.1, 0.15) is 5.56 Å². The lowest BCUT2D eigenvalue weighted by atomic mass is 10.2. The molecule has 3 rings (SSSR count). The normalized spacial score (nSPS) is 10.9. The number of benzene rings is 1. The summed E-state index contributed by atoms with van der Waals surface area (Å²) in [5.74, 6) is -0.968. The molecule has 0 atom stereocenters. The fourth-order valence-electron chi connectivity index (χ4n) is 1.97. The molecule has 0 aliphatic heterocycles. The van der Waals surface area contributed by atoms with Crippen molar-refractivity contribution in [3.63, 3.8) is 0 Å². The molecule has 0 aliphatic rings. The zero-order valence-corrected chi connectivity index (χ0v) is 10.5. The number of hydrogen-bond donors (Lipinski definition) is 0. The molecule has 0 radical (unpaired) electrons. The average Bonchev–Trinajstić information content (AvgIpc) is 2.78. The Bertz CT molecular complexity index is 901. The van der Waals surface area contributed by atoms with Gasteiger partial charge in [-0.15, -0.1) is 5.10 Å². The number of hydrogen-bond acceptors (Lipinski definition) is 5. The fraction of sp³-hybridized carbons (Fsp3) is 0.0833. The molecular weight excluding hydrogens is 281 g/mol. The highest BCUT2D eigenvalue weighted by atomic mass is 19.1. The number of nitro groups is 1. The van der Waals surface area contributed by atoms with E-state index in [4.69, 9.17) is 0 Å². The molecule has 3 aromatic rings. The highest BCUT2D eigenvalue weighted by Gasteiger charge is 2.18. The van der Waals surface area contributed by atoms with Gasteiger partial charge in [-0.1, -0.05) is 12.1 Å². The van der Waals surface area contributed by atoms with Gasteiger partial charge in [-0.2, -0.15) is 4.39 Å². The van der Waals surface area contributed by atoms with Gasteiger partial charge < -0.3 is 0 Å². The lowest BCUT2D eigenvalue weighted by Crippen LogP contribution is -2.22. The quantitative estimate of drug-likeness (QED) is 0.529. The lowest BCUT2D eigenvalue weighted by Gasteiger charge is -2.02. The first-order valence-electron chi connectivity index (χ1n) is 5.89. The van der Waals surface area contributed by atoms with Crippen LogP contribution in [0.3, 0.4) is 0 Å². The van der Waals surface area contributed by atoms with E-state index < -0.39 is 22.1 Å². The molecule has 0 fully saturated rings. The van der Waals surface area contributed by atoms with Crippen molar-refractivity contribution in [2.75, 3.05) is 0 Å². The minimum Gasteiger partial charge on any atom is -0.259 e. The summed E-state index contributed by atoms with van der Waals surface area (Å²) < 4.78 is 16.3. The van der Waals surface area contributed by atoms with Crippen molar-refractivity contribution in [3.05, 3.63) is 68.8 Å². The van der Waals surface area contributed by atoms with Gasteiger partial charge in [0.2, 0.25) is 5.82 Å². The van der Waals surface area contributed by atoms with Crippen LogP contribution in [0.4, 0.5) is 10.1 Å². The molecule has 0 spiro atoms. The summed E-state index contributed by atoms with van der Waals surface area (Å²) in [5.41, 5.74) is -0.778. The number of nitro benzene ring substituents is 1. The number of halogens is 1. The first-order chi connectivity index (χ1) is 10.1. The Kier molecular flexibility index (Phi) is 2.94. The summed E-state index contributed by atoms with van der Waals surface area (Å²) in [6, 6.07) is 3.80. The van der Waals surface area contributed by atoms with Gasteiger partial charge in [0.1, 0.15) is 0 Å². The van der Waals surface area contributed by atoms with Crippen LogP contribution in [-0.4, -0.2) is 24.1 Å². The first-order valence-corrected chi connectivity index (χ1v) is 5.89. The summed E-state index contributed by atoms with van der Waals surface area (Å²) >= 11 is 0. The molecular formula is C12H8FN5O3. The predicted molar refractivity (Wildman–Crippen MR) is 69.4 cm³/mol. The number of rotatable bonds is 3. The SMILES string of the molecule is O=c1n(Cc2cccc([N+](=O)[O-])c2F)nc2cnccn12. The maximum atomic E-state index is 14.0. The van der Waals surface area contributed by atoms with Crippen LogP contribution in [-0.2, 0) is 6.54 Å². The van der Waals surface area contributed by atoms with Gasteiger partial charge >= 0.3 is 11.4 Å². The minimum atomic E-state index is -0.968. The summed E-state index contributed by atoms with van der Waals surface area (Å²) in [6.07, 6.45) is 4.25. The second-order valence-electron chi connectivity index (χ2n) is 4.25. The van der Waals surface area contributed by atoms with E-state index in [0.717, 1.165) is 10.7 Å². The molecule has 0 amide bonds. The maximum absolute atomic E-state index is 14.0. The van der Waals surface area contributed by atoms with E-state index in [0.29, 0.717) is 5.65 Å². The minimum absolute atomic E-state index is 0.0164. The Balaban J connectivity index is 2.07. The zero-order valence-electron chi connectivity index (χ0n) is 10.5. The van der Waals surface area contributed by atoms with E-state index >= 15 is 0 Å². The molecule has 0 aliphatic carbocycles. The number of fused-ring (bicyclic) bond motifs is 1. The molecule has 0 saturated carbocycles. The predicted octanol–water partition coefficient (Wildman–Crippen LogP) is 0.987. The van der Waals surface area contributed by atoms with E-state index in [1.807, 2.05) is 0 Å². The van der Waals surface area contributed by atoms with Gasteiger partial charge in [0, 0.05) is 24.0 Å². The third-order valence-electron chi connectivity index (χ3n) is 2.96.